The van der Waals surface area contributed by atoms with Crippen LogP contribution in [0.2, 0.25) is 10.0 Å². The number of hydrogen-bond donors (Lipinski definition) is 2. The van der Waals surface area contributed by atoms with E-state index in [0.29, 0.717) is 23.1 Å². The third-order valence-electron chi connectivity index (χ3n) is 6.85. The first-order chi connectivity index (χ1) is 18.8. The molecule has 1 amide bonds. The van der Waals surface area contributed by atoms with Gasteiger partial charge in [-0.05, 0) is 67.8 Å². The quantitative estimate of drug-likeness (QED) is 0.340. The van der Waals surface area contributed by atoms with E-state index in [2.05, 4.69) is 5.32 Å². The van der Waals surface area contributed by atoms with Crippen molar-refractivity contribution in [2.75, 3.05) is 6.54 Å². The third-order valence-corrected chi connectivity index (χ3v) is 9.29. The van der Waals surface area contributed by atoms with Crippen molar-refractivity contribution in [3.05, 3.63) is 99.3 Å². The van der Waals surface area contributed by atoms with Crippen molar-refractivity contribution in [1.82, 2.24) is 9.62 Å². The summed E-state index contributed by atoms with van der Waals surface area (Å²) in [5, 5.41) is 12.6. The molecule has 1 fully saturated rings. The molecule has 0 bridgehead atoms. The van der Waals surface area contributed by atoms with Gasteiger partial charge in [0.05, 0.1) is 4.90 Å². The molecule has 8 nitrogen and oxygen atoms in total. The zero-order valence-corrected chi connectivity index (χ0v) is 23.6. The first-order valence-electron chi connectivity index (χ1n) is 12.2. The maximum Gasteiger partial charge on any atom is 0.326 e. The largest absolute Gasteiger partial charge is 0.480 e. The molecule has 1 heterocycles. The van der Waals surface area contributed by atoms with Crippen molar-refractivity contribution in [2.45, 2.75) is 42.7 Å². The highest BCUT2D eigenvalue weighted by atomic mass is 35.5. The fourth-order valence-corrected chi connectivity index (χ4v) is 7.20. The van der Waals surface area contributed by atoms with Gasteiger partial charge in [-0.3, -0.25) is 9.59 Å². The maximum absolute atomic E-state index is 13.4. The van der Waals surface area contributed by atoms with E-state index in [1.165, 1.54) is 61.5 Å². The van der Waals surface area contributed by atoms with Crippen LogP contribution in [-0.2, 0) is 26.0 Å². The molecule has 12 heteroatoms. The minimum Gasteiger partial charge on any atom is -0.480 e. The number of carbonyl (C=O) groups excluding carboxylic acids is 2. The van der Waals surface area contributed by atoms with Crippen LogP contribution in [0.4, 0.5) is 4.39 Å². The Morgan fingerprint density at radius 3 is 2.10 bits per heavy atom. The van der Waals surface area contributed by atoms with E-state index in [1.807, 2.05) is 0 Å². The van der Waals surface area contributed by atoms with E-state index in [0.717, 1.165) is 4.31 Å². The number of ketones is 1. The number of aliphatic carboxylic acids is 1. The van der Waals surface area contributed by atoms with E-state index in [1.54, 1.807) is 12.1 Å². The van der Waals surface area contributed by atoms with Gasteiger partial charge < -0.3 is 10.4 Å². The van der Waals surface area contributed by atoms with E-state index in [-0.39, 0.29) is 40.1 Å². The minimum absolute atomic E-state index is 0.0532. The topological polar surface area (TPSA) is 121 Å². The standard InChI is InChI=1S/C28H25Cl2FN2O6S/c1-28(11-2-12-33(28)40(38,39)23-15-20(29)14-21(30)16-23)27(37)32-24(26(35)36)13-17-3-5-18(6-4-17)25(34)19-7-9-22(31)10-8-19/h3-10,14-16,24H,2,11-13H2,1H3,(H,32,37)(H,35,36)/t24?,28-/m0/s1. The van der Waals surface area contributed by atoms with E-state index >= 15 is 0 Å². The maximum atomic E-state index is 13.4. The van der Waals surface area contributed by atoms with Gasteiger partial charge in [-0.25, -0.2) is 17.6 Å². The highest BCUT2D eigenvalue weighted by Gasteiger charge is 2.50. The molecule has 0 aliphatic carbocycles. The number of benzene rings is 3. The van der Waals surface area contributed by atoms with Gasteiger partial charge in [-0.15, -0.1) is 0 Å². The van der Waals surface area contributed by atoms with Crippen molar-refractivity contribution in [3.8, 4) is 0 Å². The molecule has 0 spiro atoms. The zero-order valence-electron chi connectivity index (χ0n) is 21.2. The molecule has 1 aliphatic heterocycles. The number of halogens is 3. The van der Waals surface area contributed by atoms with Crippen LogP contribution in [0.25, 0.3) is 0 Å². The average molecular weight is 607 g/mol. The van der Waals surface area contributed by atoms with Gasteiger partial charge in [0.2, 0.25) is 15.9 Å². The lowest BCUT2D eigenvalue weighted by atomic mass is 9.97. The monoisotopic (exact) mass is 606 g/mol. The Balaban J connectivity index is 1.50. The van der Waals surface area contributed by atoms with Crippen LogP contribution in [0.15, 0.2) is 71.6 Å². The van der Waals surface area contributed by atoms with E-state index in [4.69, 9.17) is 23.2 Å². The average Bonchev–Trinajstić information content (AvgIpc) is 3.32. The molecule has 4 rings (SSSR count). The van der Waals surface area contributed by atoms with Crippen LogP contribution < -0.4 is 5.32 Å². The van der Waals surface area contributed by atoms with Crippen molar-refractivity contribution >= 4 is 50.9 Å². The Labute approximate surface area is 240 Å². The molecular weight excluding hydrogens is 582 g/mol. The van der Waals surface area contributed by atoms with Crippen molar-refractivity contribution in [1.29, 1.82) is 0 Å². The van der Waals surface area contributed by atoms with Gasteiger partial charge >= 0.3 is 5.97 Å². The third kappa shape index (κ3) is 6.20. The summed E-state index contributed by atoms with van der Waals surface area (Å²) in [5.41, 5.74) is -0.397. The molecule has 1 unspecified atom stereocenters. The Morgan fingerprint density at radius 1 is 1.00 bits per heavy atom. The molecule has 210 valence electrons. The molecule has 0 aromatic heterocycles. The second-order valence-electron chi connectivity index (χ2n) is 9.66. The van der Waals surface area contributed by atoms with Crippen LogP contribution in [0, 0.1) is 5.82 Å². The summed E-state index contributed by atoms with van der Waals surface area (Å²) in [7, 11) is -4.19. The molecule has 1 aliphatic rings. The van der Waals surface area contributed by atoms with E-state index in [9.17, 15) is 32.3 Å². The Kier molecular flexibility index (Phi) is 8.65. The molecule has 0 saturated carbocycles. The number of carboxylic acids is 1. The Hall–Kier alpha value is -3.31. The number of carboxylic acid groups (broad SMARTS) is 1. The smallest absolute Gasteiger partial charge is 0.326 e. The van der Waals surface area contributed by atoms with Gasteiger partial charge in [0.15, 0.2) is 5.78 Å². The van der Waals surface area contributed by atoms with Crippen LogP contribution in [0.5, 0.6) is 0 Å². The molecule has 3 aromatic rings. The summed E-state index contributed by atoms with van der Waals surface area (Å²) in [6.07, 6.45) is 0.455. The van der Waals surface area contributed by atoms with Gasteiger partial charge in [-0.1, -0.05) is 47.5 Å². The predicted molar refractivity (Wildman–Crippen MR) is 148 cm³/mol. The number of sulfonamides is 1. The summed E-state index contributed by atoms with van der Waals surface area (Å²) < 4.78 is 41.1. The number of hydrogen-bond acceptors (Lipinski definition) is 5. The summed E-state index contributed by atoms with van der Waals surface area (Å²) >= 11 is 12.0. The lowest BCUT2D eigenvalue weighted by Gasteiger charge is -2.34. The van der Waals surface area contributed by atoms with Gasteiger partial charge in [0, 0.05) is 34.1 Å². The molecule has 3 aromatic carbocycles. The van der Waals surface area contributed by atoms with Crippen molar-refractivity contribution < 1.29 is 32.3 Å². The SMILES string of the molecule is C[C@@]1(C(=O)NC(Cc2ccc(C(=O)c3ccc(F)cc3)cc2)C(=O)O)CCCN1S(=O)(=O)c1cc(Cl)cc(Cl)c1. The number of nitrogens with one attached hydrogen (secondary N) is 1. The van der Waals surface area contributed by atoms with E-state index < -0.39 is 39.3 Å². The summed E-state index contributed by atoms with van der Waals surface area (Å²) in [5.74, 6) is -2.85. The van der Waals surface area contributed by atoms with Gasteiger partial charge in [0.25, 0.3) is 0 Å². The fourth-order valence-electron chi connectivity index (χ4n) is 4.66. The molecule has 2 atom stereocenters. The highest BCUT2D eigenvalue weighted by molar-refractivity contribution is 7.89. The molecule has 2 N–H and O–H groups in total. The first kappa shape index (κ1) is 29.7. The number of nitrogens with zero attached hydrogens (tertiary/aromatic N) is 1. The normalized spacial score (nSPS) is 18.3. The number of amides is 1. The molecular formula is C28H25Cl2FN2O6S. The van der Waals surface area contributed by atoms with Crippen LogP contribution in [0.1, 0.15) is 41.3 Å². The van der Waals surface area contributed by atoms with Crippen LogP contribution in [-0.4, -0.2) is 53.6 Å². The second-order valence-corrected chi connectivity index (χ2v) is 12.4. The van der Waals surface area contributed by atoms with Crippen molar-refractivity contribution in [2.24, 2.45) is 0 Å². The Morgan fingerprint density at radius 2 is 1.55 bits per heavy atom. The zero-order chi connectivity index (χ0) is 29.2. The molecule has 0 radical (unpaired) electrons. The molecule has 1 saturated heterocycles. The van der Waals surface area contributed by atoms with Gasteiger partial charge in [-0.2, -0.15) is 4.31 Å². The lowest BCUT2D eigenvalue weighted by molar-refractivity contribution is -0.143. The van der Waals surface area contributed by atoms with Crippen molar-refractivity contribution in [3.63, 3.8) is 0 Å². The first-order valence-corrected chi connectivity index (χ1v) is 14.4. The minimum atomic E-state index is -4.19. The number of rotatable bonds is 9. The summed E-state index contributed by atoms with van der Waals surface area (Å²) in [6, 6.07) is 13.8. The predicted octanol–water partition coefficient (Wildman–Crippen LogP) is 4.72. The highest BCUT2D eigenvalue weighted by Crippen LogP contribution is 2.36. The molecule has 40 heavy (non-hydrogen) atoms. The van der Waals surface area contributed by atoms with Crippen LogP contribution >= 0.6 is 23.2 Å². The Bertz CT molecular complexity index is 1540. The second kappa shape index (κ2) is 11.7. The summed E-state index contributed by atoms with van der Waals surface area (Å²) in [4.78, 5) is 37.9. The number of carbonyl (C=O) groups is 3. The summed E-state index contributed by atoms with van der Waals surface area (Å²) in [6.45, 7) is 1.51. The van der Waals surface area contributed by atoms with Crippen LogP contribution in [0.3, 0.4) is 0 Å². The van der Waals surface area contributed by atoms with Gasteiger partial charge in [0.1, 0.15) is 17.4 Å². The fraction of sp³-hybridized carbons (Fsp3) is 0.250. The lowest BCUT2D eigenvalue weighted by Crippen LogP contribution is -2.58.